The van der Waals surface area contributed by atoms with E-state index < -0.39 is 20.7 Å². The number of aromatic nitrogens is 2. The molecule has 170 valence electrons. The van der Waals surface area contributed by atoms with Gasteiger partial charge in [-0.2, -0.15) is 0 Å². The number of hydrogen-bond acceptors (Lipinski definition) is 7. The van der Waals surface area contributed by atoms with Crippen LogP contribution in [0.3, 0.4) is 0 Å². The third kappa shape index (κ3) is 5.08. The molecule has 2 aromatic heterocycles. The second-order valence-electron chi connectivity index (χ2n) is 7.18. The van der Waals surface area contributed by atoms with Gasteiger partial charge in [0.2, 0.25) is 0 Å². The first-order valence-electron chi connectivity index (χ1n) is 9.66. The zero-order chi connectivity index (χ0) is 23.6. The largest absolute Gasteiger partial charge is 0.376 e. The van der Waals surface area contributed by atoms with Crippen LogP contribution >= 0.6 is 22.9 Å². The van der Waals surface area contributed by atoms with Crippen molar-refractivity contribution < 1.29 is 12.8 Å². The summed E-state index contributed by atoms with van der Waals surface area (Å²) in [5.41, 5.74) is 3.31. The summed E-state index contributed by atoms with van der Waals surface area (Å²) in [5, 5.41) is 4.84. The van der Waals surface area contributed by atoms with Crippen LogP contribution in [0, 0.1) is 5.82 Å². The molecule has 0 aliphatic rings. The van der Waals surface area contributed by atoms with Crippen LogP contribution < -0.4 is 14.9 Å². The molecule has 0 radical (unpaired) electrons. The Kier molecular flexibility index (Phi) is 6.50. The van der Waals surface area contributed by atoms with Crippen molar-refractivity contribution in [1.82, 2.24) is 9.97 Å². The van der Waals surface area contributed by atoms with Gasteiger partial charge in [0.1, 0.15) is 10.7 Å². The van der Waals surface area contributed by atoms with E-state index in [4.69, 9.17) is 11.6 Å². The average molecular weight is 504 g/mol. The van der Waals surface area contributed by atoms with Gasteiger partial charge in [-0.05, 0) is 12.1 Å². The van der Waals surface area contributed by atoms with E-state index in [0.29, 0.717) is 5.69 Å². The van der Waals surface area contributed by atoms with Gasteiger partial charge in [0.25, 0.3) is 10.0 Å². The van der Waals surface area contributed by atoms with E-state index >= 15 is 0 Å². The molecule has 4 aromatic rings. The first-order valence-corrected chi connectivity index (χ1v) is 12.4. The minimum atomic E-state index is -4.19. The SMILES string of the molecule is CN(C)c1cc(-c2ccccc2)ncc1Nc1cc(F)c(S(=O)(=O)Nc2nccs2)cc1Cl. The van der Waals surface area contributed by atoms with E-state index in [0.717, 1.165) is 40.4 Å². The molecule has 0 atom stereocenters. The van der Waals surface area contributed by atoms with Crippen LogP contribution in [0.1, 0.15) is 0 Å². The summed E-state index contributed by atoms with van der Waals surface area (Å²) in [5.74, 6) is -0.953. The lowest BCUT2D eigenvalue weighted by Gasteiger charge is -2.20. The van der Waals surface area contributed by atoms with Crippen molar-refractivity contribution in [3.63, 3.8) is 0 Å². The standard InChI is InChI=1S/C22H19ClFN5O2S2/c1-29(2)20-12-17(14-6-4-3-5-7-14)26-13-19(20)27-18-11-16(24)21(10-15(18)23)33(30,31)28-22-25-8-9-32-22/h3-13,27H,1-2H3,(H,25,28). The quantitative estimate of drug-likeness (QED) is 0.341. The minimum Gasteiger partial charge on any atom is -0.376 e. The number of nitrogens with one attached hydrogen (secondary N) is 2. The van der Waals surface area contributed by atoms with Gasteiger partial charge in [-0.15, -0.1) is 11.3 Å². The molecule has 0 amide bonds. The Morgan fingerprint density at radius 1 is 1.06 bits per heavy atom. The average Bonchev–Trinajstić information content (AvgIpc) is 3.29. The summed E-state index contributed by atoms with van der Waals surface area (Å²) in [4.78, 5) is 9.67. The molecule has 0 unspecified atom stereocenters. The van der Waals surface area contributed by atoms with Crippen molar-refractivity contribution in [2.24, 2.45) is 0 Å². The zero-order valence-corrected chi connectivity index (χ0v) is 20.0. The highest BCUT2D eigenvalue weighted by molar-refractivity contribution is 7.93. The molecule has 0 spiro atoms. The van der Waals surface area contributed by atoms with Crippen LogP contribution in [0.2, 0.25) is 5.02 Å². The predicted molar refractivity (Wildman–Crippen MR) is 132 cm³/mol. The predicted octanol–water partition coefficient (Wildman–Crippen LogP) is 5.61. The fourth-order valence-electron chi connectivity index (χ4n) is 3.10. The van der Waals surface area contributed by atoms with Gasteiger partial charge in [0, 0.05) is 37.3 Å². The maximum Gasteiger partial charge on any atom is 0.266 e. The fourth-order valence-corrected chi connectivity index (χ4v) is 5.25. The van der Waals surface area contributed by atoms with Crippen LogP contribution in [0.25, 0.3) is 11.3 Å². The lowest BCUT2D eigenvalue weighted by atomic mass is 10.1. The number of thiazole rings is 1. The highest BCUT2D eigenvalue weighted by Gasteiger charge is 2.23. The van der Waals surface area contributed by atoms with Gasteiger partial charge >= 0.3 is 0 Å². The van der Waals surface area contributed by atoms with E-state index in [1.165, 1.54) is 6.20 Å². The zero-order valence-electron chi connectivity index (χ0n) is 17.6. The number of nitrogens with zero attached hydrogens (tertiary/aromatic N) is 3. The van der Waals surface area contributed by atoms with E-state index in [1.807, 2.05) is 55.4 Å². The van der Waals surface area contributed by atoms with E-state index in [9.17, 15) is 12.8 Å². The number of rotatable bonds is 7. The molecule has 0 aliphatic carbocycles. The van der Waals surface area contributed by atoms with Gasteiger partial charge in [-0.1, -0.05) is 41.9 Å². The van der Waals surface area contributed by atoms with Crippen molar-refractivity contribution in [3.05, 3.63) is 77.1 Å². The van der Waals surface area contributed by atoms with Gasteiger partial charge in [0.05, 0.1) is 34.0 Å². The summed E-state index contributed by atoms with van der Waals surface area (Å²) in [6, 6.07) is 13.7. The van der Waals surface area contributed by atoms with Crippen LogP contribution in [0.15, 0.2) is 71.2 Å². The topological polar surface area (TPSA) is 87.2 Å². The normalized spacial score (nSPS) is 11.3. The molecule has 0 aliphatic heterocycles. The first kappa shape index (κ1) is 23.0. The number of sulfonamides is 1. The Labute approximate surface area is 200 Å². The lowest BCUT2D eigenvalue weighted by molar-refractivity contribution is 0.571. The number of anilines is 4. The maximum atomic E-state index is 14.8. The first-order chi connectivity index (χ1) is 15.7. The number of hydrogen-bond donors (Lipinski definition) is 2. The van der Waals surface area contributed by atoms with Crippen molar-refractivity contribution in [2.75, 3.05) is 29.0 Å². The summed E-state index contributed by atoms with van der Waals surface area (Å²) >= 11 is 7.41. The molecule has 2 N–H and O–H groups in total. The highest BCUT2D eigenvalue weighted by Crippen LogP contribution is 2.35. The summed E-state index contributed by atoms with van der Waals surface area (Å²) in [6.45, 7) is 0. The van der Waals surface area contributed by atoms with Gasteiger partial charge < -0.3 is 10.2 Å². The third-order valence-corrected chi connectivity index (χ3v) is 7.15. The molecular formula is C22H19ClFN5O2S2. The van der Waals surface area contributed by atoms with Crippen LogP contribution in [-0.2, 0) is 10.0 Å². The molecule has 2 heterocycles. The van der Waals surface area contributed by atoms with Crippen LogP contribution in [-0.4, -0.2) is 32.5 Å². The summed E-state index contributed by atoms with van der Waals surface area (Å²) < 4.78 is 42.2. The maximum absolute atomic E-state index is 14.8. The molecule has 11 heteroatoms. The molecule has 33 heavy (non-hydrogen) atoms. The van der Waals surface area contributed by atoms with E-state index in [-0.39, 0.29) is 15.8 Å². The number of pyridine rings is 1. The second kappa shape index (κ2) is 9.34. The second-order valence-corrected chi connectivity index (χ2v) is 10.1. The lowest BCUT2D eigenvalue weighted by Crippen LogP contribution is -2.15. The number of halogens is 2. The Morgan fingerprint density at radius 2 is 1.82 bits per heavy atom. The Hall–Kier alpha value is -3.21. The molecule has 0 saturated carbocycles. The monoisotopic (exact) mass is 503 g/mol. The summed E-state index contributed by atoms with van der Waals surface area (Å²) in [6.07, 6.45) is 3.07. The van der Waals surface area contributed by atoms with E-state index in [2.05, 4.69) is 20.0 Å². The minimum absolute atomic E-state index is 0.0350. The molecule has 0 bridgehead atoms. The Morgan fingerprint density at radius 3 is 2.48 bits per heavy atom. The smallest absolute Gasteiger partial charge is 0.266 e. The third-order valence-electron chi connectivity index (χ3n) is 4.67. The van der Waals surface area contributed by atoms with Gasteiger partial charge in [-0.25, -0.2) is 17.8 Å². The van der Waals surface area contributed by atoms with E-state index in [1.54, 1.807) is 11.6 Å². The Balaban J connectivity index is 1.66. The molecule has 0 saturated heterocycles. The highest BCUT2D eigenvalue weighted by atomic mass is 35.5. The van der Waals surface area contributed by atoms with Crippen LogP contribution in [0.4, 0.5) is 26.6 Å². The fraction of sp³-hybridized carbons (Fsp3) is 0.0909. The number of benzene rings is 2. The van der Waals surface area contributed by atoms with Crippen molar-refractivity contribution in [3.8, 4) is 11.3 Å². The summed E-state index contributed by atoms with van der Waals surface area (Å²) in [7, 11) is -0.449. The van der Waals surface area contributed by atoms with Crippen LogP contribution in [0.5, 0.6) is 0 Å². The molecular weight excluding hydrogens is 485 g/mol. The molecule has 2 aromatic carbocycles. The van der Waals surface area contributed by atoms with Crippen molar-refractivity contribution >= 4 is 55.2 Å². The van der Waals surface area contributed by atoms with Crippen molar-refractivity contribution in [2.45, 2.75) is 4.90 Å². The van der Waals surface area contributed by atoms with Crippen molar-refractivity contribution in [1.29, 1.82) is 0 Å². The molecule has 0 fully saturated rings. The van der Waals surface area contributed by atoms with Gasteiger partial charge in [0.15, 0.2) is 5.13 Å². The molecule has 7 nitrogen and oxygen atoms in total. The molecule has 4 rings (SSSR count). The van der Waals surface area contributed by atoms with Gasteiger partial charge in [-0.3, -0.25) is 9.71 Å². The Bertz CT molecular complexity index is 1380.